The van der Waals surface area contributed by atoms with Gasteiger partial charge in [-0.2, -0.15) is 13.2 Å². The number of sulfonamides is 1. The molecule has 2 rings (SSSR count). The zero-order valence-electron chi connectivity index (χ0n) is 10.3. The maximum Gasteiger partial charge on any atom is 0.417 e. The average molecular weight is 318 g/mol. The second-order valence-electron chi connectivity index (χ2n) is 4.00. The number of primary sulfonamides is 1. The molecular weight excluding hydrogens is 309 g/mol. The Morgan fingerprint density at radius 1 is 1.05 bits per heavy atom. The highest BCUT2D eigenvalue weighted by molar-refractivity contribution is 7.89. The molecule has 0 aliphatic carbocycles. The van der Waals surface area contributed by atoms with Crippen molar-refractivity contribution in [3.63, 3.8) is 0 Å². The van der Waals surface area contributed by atoms with Crippen molar-refractivity contribution in [2.45, 2.75) is 11.1 Å². The molecule has 1 aromatic heterocycles. The highest BCUT2D eigenvalue weighted by Gasteiger charge is 2.30. The van der Waals surface area contributed by atoms with Crippen LogP contribution in [0.25, 0.3) is 0 Å². The van der Waals surface area contributed by atoms with Gasteiger partial charge in [0.2, 0.25) is 15.9 Å². The van der Waals surface area contributed by atoms with E-state index in [1.807, 2.05) is 0 Å². The van der Waals surface area contributed by atoms with E-state index in [1.54, 1.807) is 0 Å². The number of halogens is 3. The Labute approximate surface area is 118 Å². The number of pyridine rings is 1. The summed E-state index contributed by atoms with van der Waals surface area (Å²) in [6.07, 6.45) is -3.82. The summed E-state index contributed by atoms with van der Waals surface area (Å²) in [5.74, 6) is 0.168. The Balaban J connectivity index is 2.15. The Kier molecular flexibility index (Phi) is 3.88. The minimum absolute atomic E-state index is 0.0497. The molecule has 5 nitrogen and oxygen atoms in total. The van der Waals surface area contributed by atoms with Crippen molar-refractivity contribution in [1.82, 2.24) is 4.98 Å². The summed E-state index contributed by atoms with van der Waals surface area (Å²) < 4.78 is 64.4. The van der Waals surface area contributed by atoms with Gasteiger partial charge in [0.15, 0.2) is 0 Å². The molecule has 0 fully saturated rings. The van der Waals surface area contributed by atoms with E-state index < -0.39 is 21.8 Å². The first-order valence-corrected chi connectivity index (χ1v) is 7.05. The molecule has 0 aliphatic rings. The second kappa shape index (κ2) is 5.34. The number of nitrogens with zero attached hydrogens (tertiary/aromatic N) is 1. The Bertz CT molecular complexity index is 726. The van der Waals surface area contributed by atoms with Crippen LogP contribution in [-0.2, 0) is 16.2 Å². The van der Waals surface area contributed by atoms with Gasteiger partial charge in [-0.05, 0) is 30.3 Å². The molecule has 1 heterocycles. The number of nitrogens with two attached hydrogens (primary N) is 1. The molecule has 0 unspecified atom stereocenters. The third-order valence-corrected chi connectivity index (χ3v) is 3.37. The molecule has 0 saturated heterocycles. The van der Waals surface area contributed by atoms with Crippen LogP contribution in [0.5, 0.6) is 11.6 Å². The first kappa shape index (κ1) is 15.3. The minimum Gasteiger partial charge on any atom is -0.439 e. The number of hydrogen-bond acceptors (Lipinski definition) is 4. The fraction of sp³-hybridized carbons (Fsp3) is 0.0833. The molecule has 112 valence electrons. The van der Waals surface area contributed by atoms with Gasteiger partial charge < -0.3 is 4.74 Å². The third kappa shape index (κ3) is 3.92. The van der Waals surface area contributed by atoms with Crippen molar-refractivity contribution in [1.29, 1.82) is 0 Å². The summed E-state index contributed by atoms with van der Waals surface area (Å²) >= 11 is 0. The second-order valence-corrected chi connectivity index (χ2v) is 5.56. The summed E-state index contributed by atoms with van der Waals surface area (Å²) in [5.41, 5.74) is -0.889. The van der Waals surface area contributed by atoms with Gasteiger partial charge in [-0.15, -0.1) is 0 Å². The number of benzene rings is 1. The lowest BCUT2D eigenvalue weighted by Crippen LogP contribution is -2.11. The number of ether oxygens (including phenoxy) is 1. The summed E-state index contributed by atoms with van der Waals surface area (Å²) in [6, 6.07) is 6.97. The smallest absolute Gasteiger partial charge is 0.417 e. The number of alkyl halides is 3. The highest BCUT2D eigenvalue weighted by Crippen LogP contribution is 2.30. The topological polar surface area (TPSA) is 82.3 Å². The highest BCUT2D eigenvalue weighted by atomic mass is 32.2. The van der Waals surface area contributed by atoms with E-state index in [4.69, 9.17) is 9.88 Å². The number of hydrogen-bond donors (Lipinski definition) is 1. The molecule has 1 aromatic carbocycles. The van der Waals surface area contributed by atoms with Crippen LogP contribution in [0.2, 0.25) is 0 Å². The lowest BCUT2D eigenvalue weighted by molar-refractivity contribution is -0.137. The van der Waals surface area contributed by atoms with Gasteiger partial charge in [-0.3, -0.25) is 0 Å². The Morgan fingerprint density at radius 2 is 1.67 bits per heavy atom. The molecule has 0 radical (unpaired) electrons. The van der Waals surface area contributed by atoms with E-state index >= 15 is 0 Å². The van der Waals surface area contributed by atoms with Gasteiger partial charge in [-0.1, -0.05) is 0 Å². The normalized spacial score (nSPS) is 12.2. The lowest BCUT2D eigenvalue weighted by atomic mass is 10.3. The van der Waals surface area contributed by atoms with Crippen molar-refractivity contribution < 1.29 is 26.3 Å². The molecule has 2 aromatic rings. The van der Waals surface area contributed by atoms with Crippen molar-refractivity contribution in [2.75, 3.05) is 0 Å². The fourth-order valence-corrected chi connectivity index (χ4v) is 1.94. The van der Waals surface area contributed by atoms with Crippen molar-refractivity contribution in [2.24, 2.45) is 5.14 Å². The van der Waals surface area contributed by atoms with Crippen LogP contribution in [0.3, 0.4) is 0 Å². The predicted octanol–water partition coefficient (Wildman–Crippen LogP) is 2.54. The van der Waals surface area contributed by atoms with Crippen molar-refractivity contribution >= 4 is 10.0 Å². The predicted molar refractivity (Wildman–Crippen MR) is 67.1 cm³/mol. The fourth-order valence-electron chi connectivity index (χ4n) is 1.43. The van der Waals surface area contributed by atoms with Crippen LogP contribution in [0.4, 0.5) is 13.2 Å². The molecule has 9 heteroatoms. The molecule has 0 bridgehead atoms. The first-order chi connectivity index (χ1) is 9.66. The molecule has 0 aliphatic heterocycles. The van der Waals surface area contributed by atoms with Crippen LogP contribution in [0.15, 0.2) is 47.5 Å². The maximum atomic E-state index is 12.4. The van der Waals surface area contributed by atoms with Crippen LogP contribution in [-0.4, -0.2) is 13.4 Å². The van der Waals surface area contributed by atoms with Crippen LogP contribution < -0.4 is 9.88 Å². The van der Waals surface area contributed by atoms with Crippen LogP contribution >= 0.6 is 0 Å². The quantitative estimate of drug-likeness (QED) is 0.943. The van der Waals surface area contributed by atoms with E-state index in [2.05, 4.69) is 4.98 Å². The molecule has 2 N–H and O–H groups in total. The van der Waals surface area contributed by atoms with Gasteiger partial charge in [0.05, 0.1) is 10.5 Å². The molecule has 21 heavy (non-hydrogen) atoms. The van der Waals surface area contributed by atoms with Crippen LogP contribution in [0.1, 0.15) is 5.56 Å². The van der Waals surface area contributed by atoms with E-state index in [0.717, 1.165) is 12.1 Å². The minimum atomic E-state index is -4.47. The summed E-state index contributed by atoms with van der Waals surface area (Å²) in [5, 5.41) is 4.93. The lowest BCUT2D eigenvalue weighted by Gasteiger charge is -2.08. The van der Waals surface area contributed by atoms with E-state index in [0.29, 0.717) is 6.20 Å². The maximum absolute atomic E-state index is 12.4. The zero-order chi connectivity index (χ0) is 15.7. The third-order valence-electron chi connectivity index (χ3n) is 2.44. The monoisotopic (exact) mass is 318 g/mol. The standard InChI is InChI=1S/C12H9F3N2O3S/c13-12(14,15)8-1-6-11(17-7-8)20-9-2-4-10(5-3-9)21(16,18)19/h1-7H,(H2,16,18,19). The van der Waals surface area contributed by atoms with Crippen LogP contribution in [0, 0.1) is 0 Å². The van der Waals surface area contributed by atoms with Gasteiger partial charge in [-0.25, -0.2) is 18.5 Å². The summed E-state index contributed by atoms with van der Waals surface area (Å²) in [6.45, 7) is 0. The average Bonchev–Trinajstić information content (AvgIpc) is 2.38. The Hall–Kier alpha value is -2.13. The van der Waals surface area contributed by atoms with E-state index in [9.17, 15) is 21.6 Å². The van der Waals surface area contributed by atoms with Gasteiger partial charge >= 0.3 is 6.18 Å². The zero-order valence-corrected chi connectivity index (χ0v) is 11.1. The number of aromatic nitrogens is 1. The summed E-state index contributed by atoms with van der Waals surface area (Å²) in [4.78, 5) is 3.42. The van der Waals surface area contributed by atoms with Crippen molar-refractivity contribution in [3.05, 3.63) is 48.2 Å². The SMILES string of the molecule is NS(=O)(=O)c1ccc(Oc2ccc(C(F)(F)F)cn2)cc1. The van der Waals surface area contributed by atoms with E-state index in [-0.39, 0.29) is 16.5 Å². The van der Waals surface area contributed by atoms with Gasteiger partial charge in [0, 0.05) is 12.3 Å². The van der Waals surface area contributed by atoms with E-state index in [1.165, 1.54) is 24.3 Å². The van der Waals surface area contributed by atoms with Gasteiger partial charge in [0.25, 0.3) is 0 Å². The Morgan fingerprint density at radius 3 is 2.10 bits per heavy atom. The molecule has 0 atom stereocenters. The first-order valence-electron chi connectivity index (χ1n) is 5.50. The molecule has 0 spiro atoms. The summed E-state index contributed by atoms with van der Waals surface area (Å²) in [7, 11) is -3.81. The van der Waals surface area contributed by atoms with Crippen molar-refractivity contribution in [3.8, 4) is 11.6 Å². The number of rotatable bonds is 3. The van der Waals surface area contributed by atoms with Gasteiger partial charge in [0.1, 0.15) is 5.75 Å². The largest absolute Gasteiger partial charge is 0.439 e. The molecule has 0 saturated carbocycles. The molecule has 0 amide bonds. The molecular formula is C12H9F3N2O3S.